The van der Waals surface area contributed by atoms with Crippen molar-refractivity contribution in [3.05, 3.63) is 54.4 Å². The van der Waals surface area contributed by atoms with Gasteiger partial charge in [0.25, 0.3) is 0 Å². The Balaban J connectivity index is 1.83. The highest BCUT2D eigenvalue weighted by molar-refractivity contribution is 5.90. The molecule has 126 valence electrons. The zero-order valence-corrected chi connectivity index (χ0v) is 13.7. The number of nitrogens with one attached hydrogen (secondary N) is 2. The number of methoxy groups -OCH3 is 1. The molecule has 7 heteroatoms. The highest BCUT2D eigenvalue weighted by Crippen LogP contribution is 2.14. The summed E-state index contributed by atoms with van der Waals surface area (Å²) in [7, 11) is 3.02. The van der Waals surface area contributed by atoms with E-state index in [1.54, 1.807) is 42.4 Å². The van der Waals surface area contributed by atoms with Crippen LogP contribution in [0.25, 0.3) is 0 Å². The van der Waals surface area contributed by atoms with Crippen LogP contribution in [0.2, 0.25) is 0 Å². The summed E-state index contributed by atoms with van der Waals surface area (Å²) in [4.78, 5) is 29.1. The Hall–Kier alpha value is -3.09. The third kappa shape index (κ3) is 5.28. The van der Waals surface area contributed by atoms with Gasteiger partial charge >= 0.3 is 12.1 Å². The van der Waals surface area contributed by atoms with Crippen molar-refractivity contribution in [1.82, 2.24) is 9.88 Å². The van der Waals surface area contributed by atoms with Crippen LogP contribution in [0.1, 0.15) is 5.69 Å². The number of likely N-dealkylation sites (N-methyl/N-ethyl adjacent to an activating group) is 1. The van der Waals surface area contributed by atoms with Crippen LogP contribution in [-0.4, -0.2) is 42.7 Å². The molecular weight excluding hydrogens is 308 g/mol. The van der Waals surface area contributed by atoms with Crippen molar-refractivity contribution in [2.24, 2.45) is 0 Å². The maximum atomic E-state index is 12.1. The number of rotatable bonds is 5. The van der Waals surface area contributed by atoms with Crippen LogP contribution >= 0.6 is 0 Å². The number of carbonyl (C=O) groups is 2. The van der Waals surface area contributed by atoms with Crippen LogP contribution < -0.4 is 10.6 Å². The molecule has 0 aliphatic heterocycles. The number of benzene rings is 1. The summed E-state index contributed by atoms with van der Waals surface area (Å²) in [5.74, 6) is 0. The van der Waals surface area contributed by atoms with Gasteiger partial charge in [0.05, 0.1) is 7.11 Å². The number of amides is 3. The number of pyridine rings is 1. The van der Waals surface area contributed by atoms with Gasteiger partial charge in [0.15, 0.2) is 0 Å². The Morgan fingerprint density at radius 3 is 2.33 bits per heavy atom. The van der Waals surface area contributed by atoms with E-state index < -0.39 is 6.09 Å². The van der Waals surface area contributed by atoms with Gasteiger partial charge < -0.3 is 15.0 Å². The molecule has 1 aromatic heterocycles. The zero-order valence-electron chi connectivity index (χ0n) is 13.7. The van der Waals surface area contributed by atoms with Crippen LogP contribution in [0.3, 0.4) is 0 Å². The van der Waals surface area contributed by atoms with Crippen LogP contribution in [0.5, 0.6) is 0 Å². The monoisotopic (exact) mass is 328 g/mol. The minimum Gasteiger partial charge on any atom is -0.453 e. The Morgan fingerprint density at radius 1 is 1.08 bits per heavy atom. The number of nitrogens with zero attached hydrogens (tertiary/aromatic N) is 2. The molecule has 0 aliphatic carbocycles. The second kappa shape index (κ2) is 8.52. The fraction of sp³-hybridized carbons (Fsp3) is 0.235. The van der Waals surface area contributed by atoms with E-state index in [0.717, 1.165) is 5.69 Å². The molecule has 3 amide bonds. The summed E-state index contributed by atoms with van der Waals surface area (Å²) in [6.45, 7) is 0.560. The zero-order chi connectivity index (χ0) is 17.4. The van der Waals surface area contributed by atoms with Gasteiger partial charge in [0.1, 0.15) is 0 Å². The largest absolute Gasteiger partial charge is 0.453 e. The lowest BCUT2D eigenvalue weighted by Crippen LogP contribution is -2.33. The van der Waals surface area contributed by atoms with Gasteiger partial charge in [-0.25, -0.2) is 9.59 Å². The normalized spacial score (nSPS) is 9.92. The summed E-state index contributed by atoms with van der Waals surface area (Å²) < 4.78 is 4.51. The average Bonchev–Trinajstić information content (AvgIpc) is 2.62. The van der Waals surface area contributed by atoms with Crippen molar-refractivity contribution in [3.8, 4) is 0 Å². The number of carbonyl (C=O) groups excluding carboxylic acids is 2. The molecule has 0 radical (unpaired) electrons. The number of anilines is 2. The molecule has 0 fully saturated rings. The third-order valence-electron chi connectivity index (χ3n) is 3.34. The smallest absolute Gasteiger partial charge is 0.411 e. The fourth-order valence-electron chi connectivity index (χ4n) is 1.95. The lowest BCUT2D eigenvalue weighted by molar-refractivity contribution is 0.187. The van der Waals surface area contributed by atoms with Crippen molar-refractivity contribution in [2.75, 3.05) is 31.3 Å². The summed E-state index contributed by atoms with van der Waals surface area (Å²) in [5, 5.41) is 5.34. The molecule has 0 saturated heterocycles. The fourth-order valence-corrected chi connectivity index (χ4v) is 1.95. The Labute approximate surface area is 140 Å². The van der Waals surface area contributed by atoms with E-state index in [4.69, 9.17) is 0 Å². The molecule has 0 atom stereocenters. The maximum absolute atomic E-state index is 12.1. The summed E-state index contributed by atoms with van der Waals surface area (Å²) in [5.41, 5.74) is 2.17. The lowest BCUT2D eigenvalue weighted by atomic mass is 10.2. The predicted molar refractivity (Wildman–Crippen MR) is 92.1 cm³/mol. The van der Waals surface area contributed by atoms with Gasteiger partial charge in [-0.15, -0.1) is 0 Å². The molecule has 0 saturated carbocycles. The van der Waals surface area contributed by atoms with E-state index in [0.29, 0.717) is 24.3 Å². The highest BCUT2D eigenvalue weighted by Gasteiger charge is 2.09. The lowest BCUT2D eigenvalue weighted by Gasteiger charge is -2.18. The number of urea groups is 1. The van der Waals surface area contributed by atoms with E-state index in [9.17, 15) is 9.59 Å². The van der Waals surface area contributed by atoms with Crippen LogP contribution in [-0.2, 0) is 11.2 Å². The first kappa shape index (κ1) is 17.3. The van der Waals surface area contributed by atoms with Gasteiger partial charge in [-0.1, -0.05) is 6.07 Å². The SMILES string of the molecule is COC(=O)Nc1ccc(NC(=O)N(C)CCc2ccccn2)cc1. The van der Waals surface area contributed by atoms with Gasteiger partial charge in [-0.2, -0.15) is 0 Å². The Bertz CT molecular complexity index is 674. The van der Waals surface area contributed by atoms with Crippen molar-refractivity contribution in [2.45, 2.75) is 6.42 Å². The van der Waals surface area contributed by atoms with E-state index in [1.807, 2.05) is 18.2 Å². The third-order valence-corrected chi connectivity index (χ3v) is 3.34. The summed E-state index contributed by atoms with van der Waals surface area (Å²) in [6.07, 6.45) is 1.88. The van der Waals surface area contributed by atoms with Gasteiger partial charge in [0.2, 0.25) is 0 Å². The number of hydrogen-bond donors (Lipinski definition) is 2. The topological polar surface area (TPSA) is 83.6 Å². The molecule has 2 N–H and O–H groups in total. The summed E-state index contributed by atoms with van der Waals surface area (Å²) in [6, 6.07) is 12.3. The molecule has 1 heterocycles. The Morgan fingerprint density at radius 2 is 1.75 bits per heavy atom. The van der Waals surface area contributed by atoms with E-state index >= 15 is 0 Å². The standard InChI is InChI=1S/C17H20N4O3/c1-21(12-10-13-5-3-4-11-18-13)16(22)19-14-6-8-15(9-7-14)20-17(23)24-2/h3-9,11H,10,12H2,1-2H3,(H,19,22)(H,20,23). The van der Waals surface area contributed by atoms with E-state index in [1.165, 1.54) is 7.11 Å². The second-order valence-electron chi connectivity index (χ2n) is 5.12. The van der Waals surface area contributed by atoms with Gasteiger partial charge in [-0.3, -0.25) is 10.3 Å². The predicted octanol–water partition coefficient (Wildman–Crippen LogP) is 2.97. The number of hydrogen-bond acceptors (Lipinski definition) is 4. The molecule has 2 aromatic rings. The van der Waals surface area contributed by atoms with Crippen LogP contribution in [0, 0.1) is 0 Å². The molecule has 0 unspecified atom stereocenters. The first-order chi connectivity index (χ1) is 11.6. The van der Waals surface area contributed by atoms with E-state index in [-0.39, 0.29) is 6.03 Å². The molecule has 1 aromatic carbocycles. The minimum absolute atomic E-state index is 0.209. The summed E-state index contributed by atoms with van der Waals surface area (Å²) >= 11 is 0. The number of ether oxygens (including phenoxy) is 1. The minimum atomic E-state index is -0.541. The average molecular weight is 328 g/mol. The Kier molecular flexibility index (Phi) is 6.13. The second-order valence-corrected chi connectivity index (χ2v) is 5.12. The van der Waals surface area contributed by atoms with Crippen molar-refractivity contribution in [3.63, 3.8) is 0 Å². The molecule has 2 rings (SSSR count). The highest BCUT2D eigenvalue weighted by atomic mass is 16.5. The van der Waals surface area contributed by atoms with Crippen molar-refractivity contribution >= 4 is 23.5 Å². The number of aromatic nitrogens is 1. The molecule has 7 nitrogen and oxygen atoms in total. The molecule has 0 spiro atoms. The molecule has 0 aliphatic rings. The van der Waals surface area contributed by atoms with Gasteiger partial charge in [0, 0.05) is 43.3 Å². The van der Waals surface area contributed by atoms with Crippen molar-refractivity contribution in [1.29, 1.82) is 0 Å². The first-order valence-corrected chi connectivity index (χ1v) is 7.45. The van der Waals surface area contributed by atoms with E-state index in [2.05, 4.69) is 20.4 Å². The first-order valence-electron chi connectivity index (χ1n) is 7.45. The molecule has 0 bridgehead atoms. The van der Waals surface area contributed by atoms with Crippen LogP contribution in [0.4, 0.5) is 21.0 Å². The van der Waals surface area contributed by atoms with Crippen molar-refractivity contribution < 1.29 is 14.3 Å². The maximum Gasteiger partial charge on any atom is 0.411 e. The van der Waals surface area contributed by atoms with Gasteiger partial charge in [-0.05, 0) is 36.4 Å². The molecule has 24 heavy (non-hydrogen) atoms. The quantitative estimate of drug-likeness (QED) is 0.884. The van der Waals surface area contributed by atoms with Crippen LogP contribution in [0.15, 0.2) is 48.7 Å². The molecular formula is C17H20N4O3.